The molecular formula is C8H15NO3. The molecule has 0 aromatic heterocycles. The highest BCUT2D eigenvalue weighted by Crippen LogP contribution is 2.28. The molecule has 0 spiro atoms. The number of carbonyl (C=O) groups excluding carboxylic acids is 1. The Kier molecular flexibility index (Phi) is 2.69. The minimum Gasteiger partial charge on any atom is -0.393 e. The molecule has 1 amide bonds. The molecule has 4 heteroatoms. The van der Waals surface area contributed by atoms with Crippen molar-refractivity contribution in [3.8, 4) is 0 Å². The first kappa shape index (κ1) is 9.48. The maximum atomic E-state index is 11.1. The van der Waals surface area contributed by atoms with E-state index in [0.29, 0.717) is 0 Å². The van der Waals surface area contributed by atoms with Gasteiger partial charge in [0.15, 0.2) is 0 Å². The number of aliphatic hydroxyl groups is 2. The number of hydrogen-bond acceptors (Lipinski definition) is 3. The van der Waals surface area contributed by atoms with Crippen LogP contribution in [0.1, 0.15) is 19.8 Å². The topological polar surface area (TPSA) is 69.6 Å². The zero-order chi connectivity index (χ0) is 9.19. The van der Waals surface area contributed by atoms with Crippen molar-refractivity contribution in [3.63, 3.8) is 0 Å². The van der Waals surface area contributed by atoms with Crippen LogP contribution in [0.5, 0.6) is 0 Å². The Hall–Kier alpha value is -0.610. The van der Waals surface area contributed by atoms with Gasteiger partial charge in [0, 0.05) is 12.5 Å². The monoisotopic (exact) mass is 173 g/mol. The highest BCUT2D eigenvalue weighted by atomic mass is 16.3. The van der Waals surface area contributed by atoms with Crippen LogP contribution < -0.4 is 5.32 Å². The molecular weight excluding hydrogens is 158 g/mol. The quantitative estimate of drug-likeness (QED) is 0.524. The summed E-state index contributed by atoms with van der Waals surface area (Å²) in [5, 5.41) is 20.6. The minimum absolute atomic E-state index is 0.0104. The molecule has 0 radical (unpaired) electrons. The van der Waals surface area contributed by atoms with Gasteiger partial charge in [-0.15, -0.1) is 0 Å². The molecule has 1 unspecified atom stereocenters. The van der Waals surface area contributed by atoms with Gasteiger partial charge in [-0.2, -0.15) is 0 Å². The third-order valence-corrected chi connectivity index (χ3v) is 1.93. The first-order chi connectivity index (χ1) is 5.55. The molecule has 4 nitrogen and oxygen atoms in total. The van der Waals surface area contributed by atoms with Crippen LogP contribution >= 0.6 is 0 Å². The van der Waals surface area contributed by atoms with Gasteiger partial charge < -0.3 is 15.5 Å². The van der Waals surface area contributed by atoms with E-state index < -0.39 is 5.60 Å². The number of amides is 1. The number of rotatable bonds is 4. The van der Waals surface area contributed by atoms with E-state index in [-0.39, 0.29) is 25.0 Å². The summed E-state index contributed by atoms with van der Waals surface area (Å²) in [6.45, 7) is 1.27. The third-order valence-electron chi connectivity index (χ3n) is 1.93. The summed E-state index contributed by atoms with van der Waals surface area (Å²) in [7, 11) is 0. The van der Waals surface area contributed by atoms with Crippen molar-refractivity contribution in [1.82, 2.24) is 5.32 Å². The Labute approximate surface area is 71.6 Å². The number of carbonyl (C=O) groups is 1. The van der Waals surface area contributed by atoms with Crippen molar-refractivity contribution in [2.24, 2.45) is 5.92 Å². The first-order valence-electron chi connectivity index (χ1n) is 4.16. The van der Waals surface area contributed by atoms with Crippen molar-refractivity contribution in [2.45, 2.75) is 25.4 Å². The maximum Gasteiger partial charge on any atom is 0.223 e. The van der Waals surface area contributed by atoms with Crippen LogP contribution in [-0.2, 0) is 4.79 Å². The van der Waals surface area contributed by atoms with Gasteiger partial charge in [0.05, 0.1) is 6.61 Å². The molecule has 70 valence electrons. The van der Waals surface area contributed by atoms with Crippen molar-refractivity contribution in [3.05, 3.63) is 0 Å². The number of aliphatic hydroxyl groups excluding tert-OH is 1. The summed E-state index contributed by atoms with van der Waals surface area (Å²) >= 11 is 0. The average Bonchev–Trinajstić information content (AvgIpc) is 2.83. The fraction of sp³-hybridized carbons (Fsp3) is 0.875. The molecule has 1 rings (SSSR count). The molecule has 3 N–H and O–H groups in total. The predicted octanol–water partition coefficient (Wildman–Crippen LogP) is -0.744. The summed E-state index contributed by atoms with van der Waals surface area (Å²) in [6.07, 6.45) is 1.90. The zero-order valence-corrected chi connectivity index (χ0v) is 7.21. The van der Waals surface area contributed by atoms with E-state index in [1.165, 1.54) is 6.92 Å². The van der Waals surface area contributed by atoms with E-state index in [0.717, 1.165) is 12.8 Å². The van der Waals surface area contributed by atoms with Crippen LogP contribution in [0.15, 0.2) is 0 Å². The lowest BCUT2D eigenvalue weighted by Crippen LogP contribution is -2.43. The second-order valence-corrected chi connectivity index (χ2v) is 3.65. The van der Waals surface area contributed by atoms with E-state index in [4.69, 9.17) is 5.11 Å². The molecule has 0 heterocycles. The van der Waals surface area contributed by atoms with Crippen LogP contribution in [0.25, 0.3) is 0 Å². The molecule has 0 bridgehead atoms. The van der Waals surface area contributed by atoms with Crippen LogP contribution in [0, 0.1) is 5.92 Å². The zero-order valence-electron chi connectivity index (χ0n) is 7.21. The Balaban J connectivity index is 2.19. The van der Waals surface area contributed by atoms with Gasteiger partial charge in [0.25, 0.3) is 0 Å². The van der Waals surface area contributed by atoms with Gasteiger partial charge in [-0.1, -0.05) is 0 Å². The fourth-order valence-electron chi connectivity index (χ4n) is 0.823. The van der Waals surface area contributed by atoms with Crippen LogP contribution in [0.2, 0.25) is 0 Å². The Morgan fingerprint density at radius 1 is 1.67 bits per heavy atom. The normalized spacial score (nSPS) is 21.6. The Bertz CT molecular complexity index is 175. The summed E-state index contributed by atoms with van der Waals surface area (Å²) in [4.78, 5) is 11.1. The molecule has 0 saturated heterocycles. The molecule has 0 aliphatic heterocycles. The van der Waals surface area contributed by atoms with Crippen molar-refractivity contribution < 1.29 is 15.0 Å². The molecule has 1 aliphatic carbocycles. The van der Waals surface area contributed by atoms with Crippen LogP contribution in [0.3, 0.4) is 0 Å². The maximum absolute atomic E-state index is 11.1. The lowest BCUT2D eigenvalue weighted by atomic mass is 10.1. The van der Waals surface area contributed by atoms with Gasteiger partial charge in [0.1, 0.15) is 5.60 Å². The van der Waals surface area contributed by atoms with Crippen molar-refractivity contribution in [2.75, 3.05) is 13.2 Å². The van der Waals surface area contributed by atoms with Crippen LogP contribution in [0.4, 0.5) is 0 Å². The summed E-state index contributed by atoms with van der Waals surface area (Å²) < 4.78 is 0. The van der Waals surface area contributed by atoms with Gasteiger partial charge in [-0.05, 0) is 19.8 Å². The molecule has 1 fully saturated rings. The predicted molar refractivity (Wildman–Crippen MR) is 43.4 cm³/mol. The van der Waals surface area contributed by atoms with E-state index in [1.54, 1.807) is 0 Å². The molecule has 1 aliphatic rings. The summed E-state index contributed by atoms with van der Waals surface area (Å²) in [6, 6.07) is 0. The second-order valence-electron chi connectivity index (χ2n) is 3.65. The number of nitrogens with one attached hydrogen (secondary N) is 1. The van der Waals surface area contributed by atoms with E-state index in [9.17, 15) is 9.90 Å². The lowest BCUT2D eigenvalue weighted by molar-refractivity contribution is -0.123. The Morgan fingerprint density at radius 2 is 2.25 bits per heavy atom. The van der Waals surface area contributed by atoms with Gasteiger partial charge in [-0.25, -0.2) is 0 Å². The molecule has 1 saturated carbocycles. The number of hydrogen-bond donors (Lipinski definition) is 3. The summed E-state index contributed by atoms with van der Waals surface area (Å²) in [5.74, 6) is 0.142. The van der Waals surface area contributed by atoms with E-state index in [1.807, 2.05) is 0 Å². The molecule has 1 atom stereocenters. The summed E-state index contributed by atoms with van der Waals surface area (Å²) in [5.41, 5.74) is -1.19. The Morgan fingerprint density at radius 3 is 2.67 bits per heavy atom. The molecule has 0 aromatic rings. The first-order valence-corrected chi connectivity index (χ1v) is 4.16. The van der Waals surface area contributed by atoms with Gasteiger partial charge in [0.2, 0.25) is 5.91 Å². The van der Waals surface area contributed by atoms with E-state index >= 15 is 0 Å². The highest BCUT2D eigenvalue weighted by Gasteiger charge is 2.30. The van der Waals surface area contributed by atoms with Gasteiger partial charge >= 0.3 is 0 Å². The average molecular weight is 173 g/mol. The second kappa shape index (κ2) is 3.41. The van der Waals surface area contributed by atoms with E-state index in [2.05, 4.69) is 5.32 Å². The van der Waals surface area contributed by atoms with Crippen molar-refractivity contribution in [1.29, 1.82) is 0 Å². The SMILES string of the molecule is CC(O)(CO)CNC(=O)C1CC1. The molecule has 0 aromatic carbocycles. The molecule has 12 heavy (non-hydrogen) atoms. The third kappa shape index (κ3) is 2.79. The van der Waals surface area contributed by atoms with Crippen molar-refractivity contribution >= 4 is 5.91 Å². The smallest absolute Gasteiger partial charge is 0.223 e. The highest BCUT2D eigenvalue weighted by molar-refractivity contribution is 5.80. The lowest BCUT2D eigenvalue weighted by Gasteiger charge is -2.20. The fourth-order valence-corrected chi connectivity index (χ4v) is 0.823. The van der Waals surface area contributed by atoms with Crippen LogP contribution in [-0.4, -0.2) is 34.9 Å². The minimum atomic E-state index is -1.19. The largest absolute Gasteiger partial charge is 0.393 e. The standard InChI is InChI=1S/C8H15NO3/c1-8(12,5-10)4-9-7(11)6-2-3-6/h6,10,12H,2-5H2,1H3,(H,9,11). The van der Waals surface area contributed by atoms with Gasteiger partial charge in [-0.3, -0.25) is 4.79 Å².